The predicted octanol–water partition coefficient (Wildman–Crippen LogP) is 2.33. The molecule has 0 aliphatic carbocycles. The summed E-state index contributed by atoms with van der Waals surface area (Å²) in [4.78, 5) is 10.4. The number of hydrogen-bond acceptors (Lipinski definition) is 2. The van der Waals surface area contributed by atoms with Gasteiger partial charge in [0, 0.05) is 0 Å². The lowest BCUT2D eigenvalue weighted by atomic mass is 10.1. The number of carboxylic acid groups (broad SMARTS) is 1. The Bertz CT molecular complexity index is 416. The first-order valence-corrected chi connectivity index (χ1v) is 5.72. The van der Waals surface area contributed by atoms with Crippen LogP contribution in [0.4, 0.5) is 0 Å². The van der Waals surface area contributed by atoms with Gasteiger partial charge in [0.2, 0.25) is 0 Å². The van der Waals surface area contributed by atoms with Crippen LogP contribution in [-0.4, -0.2) is 17.1 Å². The molecule has 2 aromatic rings. The van der Waals surface area contributed by atoms with Crippen LogP contribution in [0.5, 0.6) is 0 Å². The molecule has 0 unspecified atom stereocenters. The molecule has 0 aromatic heterocycles. The minimum Gasteiger partial charge on any atom is -0.480 e. The van der Waals surface area contributed by atoms with E-state index in [0.29, 0.717) is 6.42 Å². The fraction of sp³-hybridized carbons (Fsp3) is 0.133. The van der Waals surface area contributed by atoms with E-state index in [4.69, 9.17) is 10.8 Å². The molecule has 0 saturated carbocycles. The lowest BCUT2D eigenvalue weighted by molar-refractivity contribution is -0.138. The highest BCUT2D eigenvalue weighted by Crippen LogP contribution is 2.01. The largest absolute Gasteiger partial charge is 0.480 e. The van der Waals surface area contributed by atoms with Gasteiger partial charge in [-0.3, -0.25) is 4.79 Å². The van der Waals surface area contributed by atoms with E-state index in [1.165, 1.54) is 0 Å². The number of hydrogen-bond donors (Lipinski definition) is 2. The maximum Gasteiger partial charge on any atom is 0.320 e. The smallest absolute Gasteiger partial charge is 0.320 e. The van der Waals surface area contributed by atoms with Crippen molar-refractivity contribution in [1.82, 2.24) is 0 Å². The maximum atomic E-state index is 10.4. The fourth-order valence-corrected chi connectivity index (χ4v) is 1.34. The molecule has 3 nitrogen and oxygen atoms in total. The van der Waals surface area contributed by atoms with E-state index in [0.717, 1.165) is 5.56 Å². The van der Waals surface area contributed by atoms with E-state index >= 15 is 0 Å². The fourth-order valence-electron chi connectivity index (χ4n) is 1.34. The van der Waals surface area contributed by atoms with Crippen LogP contribution < -0.4 is 5.73 Å². The van der Waals surface area contributed by atoms with Gasteiger partial charge in [-0.05, 0) is 12.0 Å². The van der Waals surface area contributed by atoms with Crippen LogP contribution in [0.25, 0.3) is 0 Å². The van der Waals surface area contributed by atoms with Crippen molar-refractivity contribution in [1.29, 1.82) is 0 Å². The Morgan fingerprint density at radius 1 is 0.944 bits per heavy atom. The zero-order chi connectivity index (χ0) is 13.2. The Labute approximate surface area is 107 Å². The van der Waals surface area contributed by atoms with Gasteiger partial charge in [-0.25, -0.2) is 0 Å². The molecule has 94 valence electrons. The van der Waals surface area contributed by atoms with E-state index in [1.807, 2.05) is 66.7 Å². The van der Waals surface area contributed by atoms with E-state index in [1.54, 1.807) is 0 Å². The average Bonchev–Trinajstić information content (AvgIpc) is 2.42. The van der Waals surface area contributed by atoms with Gasteiger partial charge in [0.1, 0.15) is 6.04 Å². The molecule has 18 heavy (non-hydrogen) atoms. The monoisotopic (exact) mass is 243 g/mol. The van der Waals surface area contributed by atoms with Gasteiger partial charge < -0.3 is 10.8 Å². The van der Waals surface area contributed by atoms with Gasteiger partial charge in [0.05, 0.1) is 0 Å². The van der Waals surface area contributed by atoms with E-state index < -0.39 is 12.0 Å². The second kappa shape index (κ2) is 8.03. The molecule has 3 N–H and O–H groups in total. The maximum absolute atomic E-state index is 10.4. The molecule has 0 heterocycles. The summed E-state index contributed by atoms with van der Waals surface area (Å²) in [7, 11) is 0. The first-order valence-electron chi connectivity index (χ1n) is 5.72. The lowest BCUT2D eigenvalue weighted by Gasteiger charge is -2.04. The van der Waals surface area contributed by atoms with Crippen molar-refractivity contribution < 1.29 is 9.90 Å². The predicted molar refractivity (Wildman–Crippen MR) is 72.2 cm³/mol. The highest BCUT2D eigenvalue weighted by atomic mass is 16.4. The van der Waals surface area contributed by atoms with Crippen LogP contribution in [0.3, 0.4) is 0 Å². The summed E-state index contributed by atoms with van der Waals surface area (Å²) in [6.45, 7) is 0. The van der Waals surface area contributed by atoms with Gasteiger partial charge in [-0.1, -0.05) is 66.7 Å². The van der Waals surface area contributed by atoms with Crippen LogP contribution in [-0.2, 0) is 11.2 Å². The van der Waals surface area contributed by atoms with Gasteiger partial charge in [0.25, 0.3) is 0 Å². The lowest BCUT2D eigenvalue weighted by Crippen LogP contribution is -2.32. The third-order valence-corrected chi connectivity index (χ3v) is 2.28. The SMILES string of the molecule is N[C@@H](Cc1ccccc1)C(=O)O.c1ccccc1. The quantitative estimate of drug-likeness (QED) is 0.869. The number of nitrogens with two attached hydrogens (primary N) is 1. The summed E-state index contributed by atoms with van der Waals surface area (Å²) in [6.07, 6.45) is 0.385. The number of benzene rings is 2. The molecule has 0 aliphatic heterocycles. The first-order chi connectivity index (χ1) is 8.70. The zero-order valence-corrected chi connectivity index (χ0v) is 10.1. The topological polar surface area (TPSA) is 63.3 Å². The number of carboxylic acids is 1. The minimum absolute atomic E-state index is 0.385. The Morgan fingerprint density at radius 3 is 1.72 bits per heavy atom. The van der Waals surface area contributed by atoms with Crippen molar-refractivity contribution in [3.8, 4) is 0 Å². The Morgan fingerprint density at radius 2 is 1.33 bits per heavy atom. The number of rotatable bonds is 3. The second-order valence-corrected chi connectivity index (χ2v) is 3.79. The van der Waals surface area contributed by atoms with Crippen molar-refractivity contribution in [2.24, 2.45) is 5.73 Å². The van der Waals surface area contributed by atoms with Crippen molar-refractivity contribution in [2.45, 2.75) is 12.5 Å². The van der Waals surface area contributed by atoms with Crippen LogP contribution in [0.15, 0.2) is 66.7 Å². The van der Waals surface area contributed by atoms with Crippen molar-refractivity contribution in [2.75, 3.05) is 0 Å². The third-order valence-electron chi connectivity index (χ3n) is 2.28. The molecule has 2 rings (SSSR count). The number of aliphatic carboxylic acids is 1. The number of carbonyl (C=O) groups is 1. The van der Waals surface area contributed by atoms with Gasteiger partial charge >= 0.3 is 5.97 Å². The van der Waals surface area contributed by atoms with E-state index in [-0.39, 0.29) is 0 Å². The van der Waals surface area contributed by atoms with Gasteiger partial charge in [-0.15, -0.1) is 0 Å². The first kappa shape index (κ1) is 13.9. The Balaban J connectivity index is 0.000000225. The van der Waals surface area contributed by atoms with Gasteiger partial charge in [-0.2, -0.15) is 0 Å². The summed E-state index contributed by atoms with van der Waals surface area (Å²) in [5, 5.41) is 8.52. The Kier molecular flexibility index (Phi) is 6.22. The second-order valence-electron chi connectivity index (χ2n) is 3.79. The molecular formula is C15H17NO2. The molecule has 2 aromatic carbocycles. The van der Waals surface area contributed by atoms with E-state index in [9.17, 15) is 4.79 Å². The molecule has 1 atom stereocenters. The van der Waals surface area contributed by atoms with Crippen LogP contribution in [0.1, 0.15) is 5.56 Å². The summed E-state index contributed by atoms with van der Waals surface area (Å²) in [5.74, 6) is -0.959. The molecular weight excluding hydrogens is 226 g/mol. The molecule has 0 fully saturated rings. The van der Waals surface area contributed by atoms with E-state index in [2.05, 4.69) is 0 Å². The van der Waals surface area contributed by atoms with Crippen LogP contribution >= 0.6 is 0 Å². The van der Waals surface area contributed by atoms with Gasteiger partial charge in [0.15, 0.2) is 0 Å². The highest BCUT2D eigenvalue weighted by molar-refractivity contribution is 5.73. The Hall–Kier alpha value is -2.13. The average molecular weight is 243 g/mol. The molecule has 0 aliphatic rings. The van der Waals surface area contributed by atoms with Crippen LogP contribution in [0, 0.1) is 0 Å². The summed E-state index contributed by atoms with van der Waals surface area (Å²) >= 11 is 0. The molecule has 0 bridgehead atoms. The van der Waals surface area contributed by atoms with Crippen molar-refractivity contribution in [3.63, 3.8) is 0 Å². The normalized spacial score (nSPS) is 10.9. The molecule has 0 radical (unpaired) electrons. The molecule has 0 saturated heterocycles. The third kappa shape index (κ3) is 5.82. The standard InChI is InChI=1S/C9H11NO2.C6H6/c10-8(9(11)12)6-7-4-2-1-3-5-7;1-2-4-6-5-3-1/h1-5,8H,6,10H2,(H,11,12);1-6H/t8-;/m0./s1. The molecule has 0 amide bonds. The molecule has 3 heteroatoms. The summed E-state index contributed by atoms with van der Waals surface area (Å²) < 4.78 is 0. The zero-order valence-electron chi connectivity index (χ0n) is 10.1. The van der Waals surface area contributed by atoms with Crippen molar-refractivity contribution >= 4 is 5.97 Å². The van der Waals surface area contributed by atoms with Crippen molar-refractivity contribution in [3.05, 3.63) is 72.3 Å². The summed E-state index contributed by atoms with van der Waals surface area (Å²) in [6, 6.07) is 20.5. The minimum atomic E-state index is -0.959. The highest BCUT2D eigenvalue weighted by Gasteiger charge is 2.10. The molecule has 0 spiro atoms. The summed E-state index contributed by atoms with van der Waals surface area (Å²) in [5.41, 5.74) is 6.30. The van der Waals surface area contributed by atoms with Crippen LogP contribution in [0.2, 0.25) is 0 Å².